The van der Waals surface area contributed by atoms with Gasteiger partial charge in [-0.05, 0) is 24.6 Å². The van der Waals surface area contributed by atoms with Crippen LogP contribution in [0, 0.1) is 0 Å². The minimum absolute atomic E-state index is 0.150. The summed E-state index contributed by atoms with van der Waals surface area (Å²) in [7, 11) is 1.53. The van der Waals surface area contributed by atoms with Crippen LogP contribution in [-0.4, -0.2) is 38.7 Å². The Morgan fingerprint density at radius 1 is 1.15 bits per heavy atom. The highest BCUT2D eigenvalue weighted by Crippen LogP contribution is 2.44. The SMILES string of the molecule is COc1ccccc1NC(=O)CN1C(=O)C2(OCCCO2)c2ccccc21. The molecule has 1 N–H and O–H groups in total. The van der Waals surface area contributed by atoms with E-state index in [0.717, 1.165) is 6.42 Å². The molecule has 2 aliphatic rings. The zero-order chi connectivity index (χ0) is 18.9. The van der Waals surface area contributed by atoms with Gasteiger partial charge in [-0.2, -0.15) is 0 Å². The Morgan fingerprint density at radius 2 is 1.85 bits per heavy atom. The number of para-hydroxylation sites is 3. The van der Waals surface area contributed by atoms with Crippen LogP contribution in [0.25, 0.3) is 0 Å². The van der Waals surface area contributed by atoms with Gasteiger partial charge in [0.2, 0.25) is 5.91 Å². The van der Waals surface area contributed by atoms with Gasteiger partial charge in [0, 0.05) is 5.56 Å². The lowest BCUT2D eigenvalue weighted by Crippen LogP contribution is -2.48. The van der Waals surface area contributed by atoms with Crippen molar-refractivity contribution >= 4 is 23.2 Å². The summed E-state index contributed by atoms with van der Waals surface area (Å²) in [5, 5.41) is 2.79. The number of ether oxygens (including phenoxy) is 3. The van der Waals surface area contributed by atoms with Crippen LogP contribution in [0.3, 0.4) is 0 Å². The number of carbonyl (C=O) groups is 2. The summed E-state index contributed by atoms with van der Waals surface area (Å²) in [6.45, 7) is 0.713. The first-order valence-corrected chi connectivity index (χ1v) is 8.78. The lowest BCUT2D eigenvalue weighted by Gasteiger charge is -2.32. The summed E-state index contributed by atoms with van der Waals surface area (Å²) in [6.07, 6.45) is 0.728. The fourth-order valence-electron chi connectivity index (χ4n) is 3.44. The molecule has 0 aliphatic carbocycles. The molecule has 0 atom stereocenters. The van der Waals surface area contributed by atoms with Gasteiger partial charge in [0.15, 0.2) is 0 Å². The van der Waals surface area contributed by atoms with E-state index in [1.807, 2.05) is 18.2 Å². The second-order valence-corrected chi connectivity index (χ2v) is 6.32. The lowest BCUT2D eigenvalue weighted by atomic mass is 10.1. The van der Waals surface area contributed by atoms with Gasteiger partial charge < -0.3 is 19.5 Å². The van der Waals surface area contributed by atoms with Crippen LogP contribution in [0.5, 0.6) is 5.75 Å². The number of carbonyl (C=O) groups excluding carboxylic acids is 2. The topological polar surface area (TPSA) is 77.1 Å². The highest BCUT2D eigenvalue weighted by atomic mass is 16.7. The number of fused-ring (bicyclic) bond motifs is 2. The van der Waals surface area contributed by atoms with Crippen molar-refractivity contribution in [2.24, 2.45) is 0 Å². The number of hydrogen-bond acceptors (Lipinski definition) is 5. The second-order valence-electron chi connectivity index (χ2n) is 6.32. The molecule has 7 heteroatoms. The Bertz CT molecular complexity index is 876. The molecule has 2 aliphatic heterocycles. The molecule has 2 aromatic rings. The van der Waals surface area contributed by atoms with E-state index < -0.39 is 5.79 Å². The van der Waals surface area contributed by atoms with Gasteiger partial charge >= 0.3 is 0 Å². The predicted octanol–water partition coefficient (Wildman–Crippen LogP) is 2.27. The van der Waals surface area contributed by atoms with Gasteiger partial charge in [0.05, 0.1) is 31.7 Å². The molecule has 140 valence electrons. The molecule has 1 fully saturated rings. The van der Waals surface area contributed by atoms with Crippen molar-refractivity contribution in [3.05, 3.63) is 54.1 Å². The summed E-state index contributed by atoms with van der Waals surface area (Å²) >= 11 is 0. The summed E-state index contributed by atoms with van der Waals surface area (Å²) in [4.78, 5) is 27.2. The number of anilines is 2. The third-order valence-corrected chi connectivity index (χ3v) is 4.66. The first-order chi connectivity index (χ1) is 13.2. The monoisotopic (exact) mass is 368 g/mol. The molecule has 1 spiro atoms. The molecule has 0 bridgehead atoms. The third-order valence-electron chi connectivity index (χ3n) is 4.66. The Kier molecular flexibility index (Phi) is 4.55. The smallest absolute Gasteiger partial charge is 0.293 e. The highest BCUT2D eigenvalue weighted by Gasteiger charge is 2.55. The van der Waals surface area contributed by atoms with Crippen LogP contribution in [0.4, 0.5) is 11.4 Å². The Hall–Kier alpha value is -2.90. The van der Waals surface area contributed by atoms with Crippen molar-refractivity contribution in [1.82, 2.24) is 0 Å². The number of nitrogens with zero attached hydrogens (tertiary/aromatic N) is 1. The van der Waals surface area contributed by atoms with E-state index in [9.17, 15) is 9.59 Å². The van der Waals surface area contributed by atoms with Crippen molar-refractivity contribution in [2.75, 3.05) is 37.1 Å². The molecule has 0 aromatic heterocycles. The number of hydrogen-bond donors (Lipinski definition) is 1. The largest absolute Gasteiger partial charge is 0.495 e. The Balaban J connectivity index is 1.59. The zero-order valence-corrected chi connectivity index (χ0v) is 14.9. The maximum atomic E-state index is 13.1. The van der Waals surface area contributed by atoms with E-state index in [0.29, 0.717) is 35.9 Å². The van der Waals surface area contributed by atoms with Gasteiger partial charge in [0.1, 0.15) is 12.3 Å². The summed E-state index contributed by atoms with van der Waals surface area (Å²) in [5.41, 5.74) is 1.81. The van der Waals surface area contributed by atoms with E-state index in [4.69, 9.17) is 14.2 Å². The molecule has 2 aromatic carbocycles. The molecule has 27 heavy (non-hydrogen) atoms. The molecular weight excluding hydrogens is 348 g/mol. The van der Waals surface area contributed by atoms with E-state index in [2.05, 4.69) is 5.32 Å². The first kappa shape index (κ1) is 17.5. The minimum Gasteiger partial charge on any atom is -0.495 e. The van der Waals surface area contributed by atoms with Crippen LogP contribution >= 0.6 is 0 Å². The molecule has 4 rings (SSSR count). The first-order valence-electron chi connectivity index (χ1n) is 8.78. The van der Waals surface area contributed by atoms with Crippen molar-refractivity contribution in [3.8, 4) is 5.75 Å². The quantitative estimate of drug-likeness (QED) is 0.896. The molecule has 0 unspecified atom stereocenters. The van der Waals surface area contributed by atoms with Gasteiger partial charge in [-0.3, -0.25) is 14.5 Å². The van der Waals surface area contributed by atoms with Crippen LogP contribution in [0.2, 0.25) is 0 Å². The average molecular weight is 368 g/mol. The van der Waals surface area contributed by atoms with E-state index >= 15 is 0 Å². The Labute approximate surface area is 156 Å². The molecule has 0 radical (unpaired) electrons. The number of nitrogens with one attached hydrogen (secondary N) is 1. The number of methoxy groups -OCH3 is 1. The molecule has 7 nitrogen and oxygen atoms in total. The van der Waals surface area contributed by atoms with Gasteiger partial charge in [-0.15, -0.1) is 0 Å². The molecular formula is C20H20N2O5. The van der Waals surface area contributed by atoms with Crippen LogP contribution in [-0.2, 0) is 24.8 Å². The lowest BCUT2D eigenvalue weighted by molar-refractivity contribution is -0.256. The molecule has 0 saturated carbocycles. The van der Waals surface area contributed by atoms with Crippen LogP contribution < -0.4 is 15.0 Å². The minimum atomic E-state index is -1.44. The van der Waals surface area contributed by atoms with Gasteiger partial charge in [0.25, 0.3) is 11.7 Å². The van der Waals surface area contributed by atoms with E-state index in [1.165, 1.54) is 12.0 Å². The predicted molar refractivity (Wildman–Crippen MR) is 98.6 cm³/mol. The summed E-state index contributed by atoms with van der Waals surface area (Å²) in [5.74, 6) is -1.61. The Morgan fingerprint density at radius 3 is 2.63 bits per heavy atom. The fraction of sp³-hybridized carbons (Fsp3) is 0.300. The maximum absolute atomic E-state index is 13.1. The molecule has 1 saturated heterocycles. The zero-order valence-electron chi connectivity index (χ0n) is 14.9. The number of rotatable bonds is 4. The van der Waals surface area contributed by atoms with E-state index in [-0.39, 0.29) is 18.4 Å². The summed E-state index contributed by atoms with van der Waals surface area (Å²) in [6, 6.07) is 14.3. The maximum Gasteiger partial charge on any atom is 0.293 e. The van der Waals surface area contributed by atoms with Crippen LogP contribution in [0.1, 0.15) is 12.0 Å². The fourth-order valence-corrected chi connectivity index (χ4v) is 3.44. The van der Waals surface area contributed by atoms with Crippen molar-refractivity contribution in [2.45, 2.75) is 12.2 Å². The van der Waals surface area contributed by atoms with Gasteiger partial charge in [-0.25, -0.2) is 0 Å². The van der Waals surface area contributed by atoms with Crippen molar-refractivity contribution < 1.29 is 23.8 Å². The summed E-state index contributed by atoms with van der Waals surface area (Å²) < 4.78 is 16.8. The van der Waals surface area contributed by atoms with Crippen LogP contribution in [0.15, 0.2) is 48.5 Å². The van der Waals surface area contributed by atoms with Crippen molar-refractivity contribution in [1.29, 1.82) is 0 Å². The highest BCUT2D eigenvalue weighted by molar-refractivity contribution is 6.10. The van der Waals surface area contributed by atoms with E-state index in [1.54, 1.807) is 30.3 Å². The molecule has 2 amide bonds. The number of amides is 2. The van der Waals surface area contributed by atoms with Gasteiger partial charge in [-0.1, -0.05) is 30.3 Å². The normalized spacial score (nSPS) is 17.7. The standard InChI is InChI=1S/C20H20N2O5/c1-25-17-10-5-3-8-15(17)21-18(23)13-22-16-9-4-2-7-14(16)20(19(22)24)26-11-6-12-27-20/h2-5,7-10H,6,11-13H2,1H3,(H,21,23). The van der Waals surface area contributed by atoms with Crippen molar-refractivity contribution in [3.63, 3.8) is 0 Å². The average Bonchev–Trinajstić information content (AvgIpc) is 2.92. The molecule has 2 heterocycles. The second kappa shape index (κ2) is 7.02. The number of benzene rings is 2. The third kappa shape index (κ3) is 2.94.